The van der Waals surface area contributed by atoms with Crippen LogP contribution in [0.5, 0.6) is 0 Å². The second-order valence-electron chi connectivity index (χ2n) is 3.84. The number of aliphatic carboxylic acids is 1. The van der Waals surface area contributed by atoms with Crippen molar-refractivity contribution < 1.29 is 19.5 Å². The zero-order valence-electron chi connectivity index (χ0n) is 9.96. The lowest BCUT2D eigenvalue weighted by Crippen LogP contribution is -2.26. The van der Waals surface area contributed by atoms with Gasteiger partial charge in [0.1, 0.15) is 0 Å². The summed E-state index contributed by atoms with van der Waals surface area (Å²) >= 11 is 0. The molecule has 1 heterocycles. The van der Waals surface area contributed by atoms with E-state index in [-0.39, 0.29) is 18.7 Å². The van der Waals surface area contributed by atoms with Crippen molar-refractivity contribution in [3.8, 4) is 0 Å². The predicted molar refractivity (Wildman–Crippen MR) is 64.3 cm³/mol. The van der Waals surface area contributed by atoms with Gasteiger partial charge < -0.3 is 15.0 Å². The molecule has 1 aromatic rings. The summed E-state index contributed by atoms with van der Waals surface area (Å²) < 4.78 is 1.70. The lowest BCUT2D eigenvalue weighted by molar-refractivity contribution is -0.137. The second-order valence-corrected chi connectivity index (χ2v) is 3.84. The fourth-order valence-corrected chi connectivity index (χ4v) is 1.52. The third-order valence-corrected chi connectivity index (χ3v) is 2.45. The predicted octanol–water partition coefficient (Wildman–Crippen LogP) is 0.672. The van der Waals surface area contributed by atoms with E-state index < -0.39 is 5.97 Å². The molecule has 6 heteroatoms. The molecule has 0 atom stereocenters. The van der Waals surface area contributed by atoms with Crippen molar-refractivity contribution in [2.75, 3.05) is 6.54 Å². The van der Waals surface area contributed by atoms with Gasteiger partial charge in [0.05, 0.1) is 5.69 Å². The van der Waals surface area contributed by atoms with Crippen molar-refractivity contribution in [1.29, 1.82) is 0 Å². The number of carboxylic acids is 1. The number of nitrogens with zero attached hydrogens (tertiary/aromatic N) is 1. The highest BCUT2D eigenvalue weighted by Crippen LogP contribution is 2.00. The van der Waals surface area contributed by atoms with E-state index in [1.807, 2.05) is 0 Å². The Hall–Kier alpha value is -2.11. The second kappa shape index (κ2) is 7.26. The van der Waals surface area contributed by atoms with Crippen LogP contribution in [0, 0.1) is 0 Å². The molecule has 0 aliphatic rings. The van der Waals surface area contributed by atoms with E-state index in [0.29, 0.717) is 25.2 Å². The topological polar surface area (TPSA) is 88.4 Å². The summed E-state index contributed by atoms with van der Waals surface area (Å²) in [7, 11) is 0. The van der Waals surface area contributed by atoms with Gasteiger partial charge in [0.15, 0.2) is 6.29 Å². The normalized spacial score (nSPS) is 10.0. The van der Waals surface area contributed by atoms with Crippen LogP contribution in [0.2, 0.25) is 0 Å². The van der Waals surface area contributed by atoms with E-state index in [4.69, 9.17) is 5.11 Å². The van der Waals surface area contributed by atoms with E-state index in [0.717, 1.165) is 6.29 Å². The van der Waals surface area contributed by atoms with Crippen LogP contribution in [0.3, 0.4) is 0 Å². The van der Waals surface area contributed by atoms with Gasteiger partial charge in [-0.2, -0.15) is 0 Å². The third kappa shape index (κ3) is 4.82. The van der Waals surface area contributed by atoms with Gasteiger partial charge in [0, 0.05) is 32.1 Å². The van der Waals surface area contributed by atoms with Gasteiger partial charge in [-0.05, 0) is 18.6 Å². The zero-order chi connectivity index (χ0) is 13.4. The van der Waals surface area contributed by atoms with E-state index in [1.54, 1.807) is 22.9 Å². The Morgan fingerprint density at radius 3 is 2.83 bits per heavy atom. The summed E-state index contributed by atoms with van der Waals surface area (Å²) in [6, 6.07) is 3.42. The average molecular weight is 252 g/mol. The number of carbonyl (C=O) groups excluding carboxylic acids is 2. The van der Waals surface area contributed by atoms with Crippen molar-refractivity contribution in [3.63, 3.8) is 0 Å². The number of carbonyl (C=O) groups is 3. The van der Waals surface area contributed by atoms with Crippen LogP contribution >= 0.6 is 0 Å². The van der Waals surface area contributed by atoms with Gasteiger partial charge in [-0.25, -0.2) is 0 Å². The molecule has 0 unspecified atom stereocenters. The first-order chi connectivity index (χ1) is 8.63. The molecule has 1 amide bonds. The fourth-order valence-electron chi connectivity index (χ4n) is 1.52. The first kappa shape index (κ1) is 14.0. The number of carboxylic acid groups (broad SMARTS) is 1. The summed E-state index contributed by atoms with van der Waals surface area (Å²) in [5, 5.41) is 11.0. The van der Waals surface area contributed by atoms with Crippen LogP contribution in [0.4, 0.5) is 0 Å². The van der Waals surface area contributed by atoms with Crippen LogP contribution in [0.1, 0.15) is 29.8 Å². The third-order valence-electron chi connectivity index (χ3n) is 2.45. The maximum absolute atomic E-state index is 11.4. The molecule has 0 saturated heterocycles. The average Bonchev–Trinajstić information content (AvgIpc) is 2.79. The Morgan fingerprint density at radius 1 is 1.39 bits per heavy atom. The summed E-state index contributed by atoms with van der Waals surface area (Å²) in [6.07, 6.45) is 3.21. The largest absolute Gasteiger partial charge is 0.481 e. The number of aryl methyl sites for hydroxylation is 1. The SMILES string of the molecule is O=Cc1cccn1CCC(=O)NCCCC(=O)O. The summed E-state index contributed by atoms with van der Waals surface area (Å²) in [5.74, 6) is -1.02. The molecule has 0 saturated carbocycles. The van der Waals surface area contributed by atoms with Crippen LogP contribution in [-0.4, -0.2) is 34.4 Å². The van der Waals surface area contributed by atoms with Gasteiger partial charge in [-0.3, -0.25) is 14.4 Å². The number of amides is 1. The van der Waals surface area contributed by atoms with Crippen LogP contribution in [-0.2, 0) is 16.1 Å². The monoisotopic (exact) mass is 252 g/mol. The molecular weight excluding hydrogens is 236 g/mol. The molecule has 2 N–H and O–H groups in total. The van der Waals surface area contributed by atoms with Gasteiger partial charge in [0.2, 0.25) is 5.91 Å². The minimum absolute atomic E-state index is 0.0488. The van der Waals surface area contributed by atoms with Crippen LogP contribution < -0.4 is 5.32 Å². The van der Waals surface area contributed by atoms with Crippen molar-refractivity contribution >= 4 is 18.2 Å². The lowest BCUT2D eigenvalue weighted by Gasteiger charge is -2.06. The minimum Gasteiger partial charge on any atom is -0.481 e. The van der Waals surface area contributed by atoms with Gasteiger partial charge in [0.25, 0.3) is 0 Å². The smallest absolute Gasteiger partial charge is 0.303 e. The molecule has 0 spiro atoms. The Morgan fingerprint density at radius 2 is 2.17 bits per heavy atom. The Labute approximate surface area is 105 Å². The summed E-state index contributed by atoms with van der Waals surface area (Å²) in [6.45, 7) is 0.795. The van der Waals surface area contributed by atoms with E-state index in [9.17, 15) is 14.4 Å². The Kier molecular flexibility index (Phi) is 5.63. The Balaban J connectivity index is 2.21. The molecule has 0 radical (unpaired) electrons. The van der Waals surface area contributed by atoms with Gasteiger partial charge in [-0.15, -0.1) is 0 Å². The number of aromatic nitrogens is 1. The molecule has 18 heavy (non-hydrogen) atoms. The van der Waals surface area contributed by atoms with Gasteiger partial charge in [-0.1, -0.05) is 0 Å². The van der Waals surface area contributed by atoms with Crippen molar-refractivity contribution in [2.24, 2.45) is 0 Å². The highest BCUT2D eigenvalue weighted by molar-refractivity contribution is 5.76. The fraction of sp³-hybridized carbons (Fsp3) is 0.417. The zero-order valence-corrected chi connectivity index (χ0v) is 9.96. The van der Waals surface area contributed by atoms with Crippen molar-refractivity contribution in [3.05, 3.63) is 24.0 Å². The molecule has 1 rings (SSSR count). The Bertz CT molecular complexity index is 425. The van der Waals surface area contributed by atoms with E-state index in [2.05, 4.69) is 5.32 Å². The molecule has 98 valence electrons. The van der Waals surface area contributed by atoms with Crippen LogP contribution in [0.25, 0.3) is 0 Å². The maximum atomic E-state index is 11.4. The number of rotatable bonds is 8. The molecule has 0 bridgehead atoms. The molecule has 0 aliphatic heterocycles. The number of hydrogen-bond donors (Lipinski definition) is 2. The highest BCUT2D eigenvalue weighted by atomic mass is 16.4. The molecule has 1 aromatic heterocycles. The van der Waals surface area contributed by atoms with E-state index in [1.165, 1.54) is 0 Å². The van der Waals surface area contributed by atoms with Crippen molar-refractivity contribution in [1.82, 2.24) is 9.88 Å². The molecular formula is C12H16N2O4. The molecule has 6 nitrogen and oxygen atoms in total. The molecule has 0 aromatic carbocycles. The number of aldehydes is 1. The lowest BCUT2D eigenvalue weighted by atomic mass is 10.3. The maximum Gasteiger partial charge on any atom is 0.303 e. The minimum atomic E-state index is -0.868. The number of hydrogen-bond acceptors (Lipinski definition) is 3. The summed E-state index contributed by atoms with van der Waals surface area (Å²) in [4.78, 5) is 32.3. The number of nitrogens with one attached hydrogen (secondary N) is 1. The van der Waals surface area contributed by atoms with Crippen LogP contribution in [0.15, 0.2) is 18.3 Å². The van der Waals surface area contributed by atoms with E-state index >= 15 is 0 Å². The standard InChI is InChI=1S/C12H16N2O4/c15-9-10-3-2-7-14(10)8-5-11(16)13-6-1-4-12(17)18/h2-3,7,9H,1,4-6,8H2,(H,13,16)(H,17,18). The molecule has 0 fully saturated rings. The highest BCUT2D eigenvalue weighted by Gasteiger charge is 2.04. The quantitative estimate of drug-likeness (QED) is 0.526. The first-order valence-electron chi connectivity index (χ1n) is 5.72. The van der Waals surface area contributed by atoms with Crippen molar-refractivity contribution in [2.45, 2.75) is 25.8 Å². The summed E-state index contributed by atoms with van der Waals surface area (Å²) in [5.41, 5.74) is 0.536. The first-order valence-corrected chi connectivity index (χ1v) is 5.72. The van der Waals surface area contributed by atoms with Gasteiger partial charge >= 0.3 is 5.97 Å². The molecule has 0 aliphatic carbocycles.